The molecule has 1 unspecified atom stereocenters. The lowest BCUT2D eigenvalue weighted by atomic mass is 10.2. The van der Waals surface area contributed by atoms with E-state index in [0.29, 0.717) is 0 Å². The lowest BCUT2D eigenvalue weighted by Gasteiger charge is -2.12. The maximum Gasteiger partial charge on any atom is 0.104 e. The van der Waals surface area contributed by atoms with Crippen LogP contribution in [-0.4, -0.2) is 11.1 Å². The largest absolute Gasteiger partial charge is 0.387 e. The highest BCUT2D eigenvalue weighted by atomic mass is 35.5. The van der Waals surface area contributed by atoms with Crippen molar-refractivity contribution >= 4 is 29.2 Å². The van der Waals surface area contributed by atoms with Crippen LogP contribution in [0.1, 0.15) is 18.9 Å². The summed E-state index contributed by atoms with van der Waals surface area (Å²) < 4.78 is 0. The lowest BCUT2D eigenvalue weighted by molar-refractivity contribution is 0.991. The summed E-state index contributed by atoms with van der Waals surface area (Å²) in [5.41, 5.74) is 6.58. The highest BCUT2D eigenvalue weighted by molar-refractivity contribution is 7.99. The number of nitrogens with one attached hydrogen (secondary N) is 1. The molecule has 1 atom stereocenters. The molecule has 0 aliphatic rings. The molecule has 1 aromatic carbocycles. The van der Waals surface area contributed by atoms with Gasteiger partial charge in [0, 0.05) is 10.8 Å². The zero-order valence-corrected chi connectivity index (χ0v) is 10.2. The standard InChI is InChI=1S/C11H15ClN2S/c1-2-10(11(13)14)15-7-8-5-3-4-6-9(8)12/h3-6,10H,2,7H2,1H3,(H3,13,14). The first-order chi connectivity index (χ1) is 7.15. The van der Waals surface area contributed by atoms with Crippen LogP contribution in [0.15, 0.2) is 24.3 Å². The van der Waals surface area contributed by atoms with Gasteiger partial charge in [-0.3, -0.25) is 5.41 Å². The molecule has 3 N–H and O–H groups in total. The molecule has 0 fully saturated rings. The minimum Gasteiger partial charge on any atom is -0.387 e. The van der Waals surface area contributed by atoms with E-state index >= 15 is 0 Å². The molecule has 0 aliphatic heterocycles. The maximum absolute atomic E-state index is 7.40. The van der Waals surface area contributed by atoms with E-state index in [1.807, 2.05) is 31.2 Å². The van der Waals surface area contributed by atoms with E-state index in [0.717, 1.165) is 22.8 Å². The molecule has 0 spiro atoms. The average molecular weight is 243 g/mol. The molecule has 0 aliphatic carbocycles. The monoisotopic (exact) mass is 242 g/mol. The third kappa shape index (κ3) is 3.76. The van der Waals surface area contributed by atoms with Crippen molar-refractivity contribution in [1.82, 2.24) is 0 Å². The van der Waals surface area contributed by atoms with Crippen molar-refractivity contribution in [3.05, 3.63) is 34.9 Å². The Morgan fingerprint density at radius 1 is 1.53 bits per heavy atom. The second-order valence-electron chi connectivity index (χ2n) is 3.25. The highest BCUT2D eigenvalue weighted by Gasteiger charge is 2.10. The third-order valence-corrected chi connectivity index (χ3v) is 3.95. The molecule has 0 saturated heterocycles. The van der Waals surface area contributed by atoms with E-state index in [9.17, 15) is 0 Å². The Labute approximate surface area is 99.7 Å². The topological polar surface area (TPSA) is 49.9 Å². The van der Waals surface area contributed by atoms with E-state index < -0.39 is 0 Å². The van der Waals surface area contributed by atoms with Gasteiger partial charge in [-0.1, -0.05) is 36.7 Å². The second-order valence-corrected chi connectivity index (χ2v) is 4.85. The predicted octanol–water partition coefficient (Wildman–Crippen LogP) is 3.29. The van der Waals surface area contributed by atoms with E-state index in [1.165, 1.54) is 0 Å². The molecule has 0 aromatic heterocycles. The fraction of sp³-hybridized carbons (Fsp3) is 0.364. The zero-order valence-electron chi connectivity index (χ0n) is 8.66. The van der Waals surface area contributed by atoms with Gasteiger partial charge in [-0.05, 0) is 18.1 Å². The number of halogens is 1. The minimum absolute atomic E-state index is 0.0984. The summed E-state index contributed by atoms with van der Waals surface area (Å²) in [4.78, 5) is 0. The summed E-state index contributed by atoms with van der Waals surface area (Å²) in [5.74, 6) is 1.05. The molecule has 82 valence electrons. The first-order valence-corrected chi connectivity index (χ1v) is 6.26. The Hall–Kier alpha value is -0.670. The van der Waals surface area contributed by atoms with Gasteiger partial charge in [0.15, 0.2) is 0 Å². The van der Waals surface area contributed by atoms with Crippen molar-refractivity contribution in [2.24, 2.45) is 5.73 Å². The maximum atomic E-state index is 7.40. The number of nitrogens with two attached hydrogens (primary N) is 1. The zero-order chi connectivity index (χ0) is 11.3. The molecule has 4 heteroatoms. The summed E-state index contributed by atoms with van der Waals surface area (Å²) in [6.45, 7) is 2.03. The van der Waals surface area contributed by atoms with Crippen LogP contribution in [0.4, 0.5) is 0 Å². The second kappa shape index (κ2) is 6.03. The molecule has 0 saturated carbocycles. The molecule has 1 aromatic rings. The van der Waals surface area contributed by atoms with E-state index in [1.54, 1.807) is 11.8 Å². The van der Waals surface area contributed by atoms with Crippen LogP contribution in [0.2, 0.25) is 5.02 Å². The first kappa shape index (κ1) is 12.4. The van der Waals surface area contributed by atoms with Crippen LogP contribution in [0.5, 0.6) is 0 Å². The van der Waals surface area contributed by atoms with Gasteiger partial charge in [0.05, 0.1) is 5.25 Å². The van der Waals surface area contributed by atoms with E-state index in [2.05, 4.69) is 0 Å². The van der Waals surface area contributed by atoms with Gasteiger partial charge in [0.25, 0.3) is 0 Å². The van der Waals surface area contributed by atoms with Crippen LogP contribution in [0, 0.1) is 5.41 Å². The van der Waals surface area contributed by atoms with E-state index in [-0.39, 0.29) is 11.1 Å². The van der Waals surface area contributed by atoms with Gasteiger partial charge in [-0.25, -0.2) is 0 Å². The normalized spacial score (nSPS) is 12.4. The predicted molar refractivity (Wildman–Crippen MR) is 68.7 cm³/mol. The van der Waals surface area contributed by atoms with Gasteiger partial charge < -0.3 is 5.73 Å². The van der Waals surface area contributed by atoms with Crippen molar-refractivity contribution in [3.8, 4) is 0 Å². The molecular weight excluding hydrogens is 228 g/mol. The molecule has 2 nitrogen and oxygen atoms in total. The van der Waals surface area contributed by atoms with Gasteiger partial charge >= 0.3 is 0 Å². The number of benzene rings is 1. The number of amidine groups is 1. The Kier molecular flexibility index (Phi) is 4.99. The molecular formula is C11H15ClN2S. The fourth-order valence-electron chi connectivity index (χ4n) is 1.23. The first-order valence-electron chi connectivity index (χ1n) is 4.84. The summed E-state index contributed by atoms with van der Waals surface area (Å²) in [6.07, 6.45) is 0.879. The molecule has 0 heterocycles. The average Bonchev–Trinajstić information content (AvgIpc) is 2.21. The quantitative estimate of drug-likeness (QED) is 0.615. The molecule has 0 radical (unpaired) electrons. The van der Waals surface area contributed by atoms with Gasteiger partial charge in [-0.15, -0.1) is 11.8 Å². The number of thioether (sulfide) groups is 1. The van der Waals surface area contributed by atoms with Crippen LogP contribution < -0.4 is 5.73 Å². The van der Waals surface area contributed by atoms with Crippen molar-refractivity contribution < 1.29 is 0 Å². The van der Waals surface area contributed by atoms with Crippen LogP contribution in [-0.2, 0) is 5.75 Å². The van der Waals surface area contributed by atoms with Crippen molar-refractivity contribution in [1.29, 1.82) is 5.41 Å². The molecule has 15 heavy (non-hydrogen) atoms. The summed E-state index contributed by atoms with van der Waals surface area (Å²) >= 11 is 7.70. The molecule has 0 bridgehead atoms. The van der Waals surface area contributed by atoms with Crippen LogP contribution >= 0.6 is 23.4 Å². The SMILES string of the molecule is CCC(SCc1ccccc1Cl)C(=N)N. The van der Waals surface area contributed by atoms with Crippen LogP contribution in [0.3, 0.4) is 0 Å². The fourth-order valence-corrected chi connectivity index (χ4v) is 2.56. The smallest absolute Gasteiger partial charge is 0.104 e. The Morgan fingerprint density at radius 2 is 2.20 bits per heavy atom. The van der Waals surface area contributed by atoms with Crippen molar-refractivity contribution in [2.45, 2.75) is 24.3 Å². The summed E-state index contributed by atoms with van der Waals surface area (Å²) in [5, 5.41) is 8.27. The number of hydrogen-bond donors (Lipinski definition) is 2. The van der Waals surface area contributed by atoms with Gasteiger partial charge in [0.2, 0.25) is 0 Å². The van der Waals surface area contributed by atoms with Crippen molar-refractivity contribution in [2.75, 3.05) is 0 Å². The number of rotatable bonds is 5. The lowest BCUT2D eigenvalue weighted by Crippen LogP contribution is -2.24. The minimum atomic E-state index is 0.0984. The number of hydrogen-bond acceptors (Lipinski definition) is 2. The Balaban J connectivity index is 2.56. The highest BCUT2D eigenvalue weighted by Crippen LogP contribution is 2.24. The Bertz CT molecular complexity index is 341. The van der Waals surface area contributed by atoms with Gasteiger partial charge in [-0.2, -0.15) is 0 Å². The van der Waals surface area contributed by atoms with Crippen LogP contribution in [0.25, 0.3) is 0 Å². The third-order valence-electron chi connectivity index (χ3n) is 2.12. The van der Waals surface area contributed by atoms with Crippen molar-refractivity contribution in [3.63, 3.8) is 0 Å². The Morgan fingerprint density at radius 3 is 2.73 bits per heavy atom. The van der Waals surface area contributed by atoms with Gasteiger partial charge in [0.1, 0.15) is 5.84 Å². The molecule has 0 amide bonds. The summed E-state index contributed by atoms with van der Waals surface area (Å²) in [7, 11) is 0. The summed E-state index contributed by atoms with van der Waals surface area (Å²) in [6, 6.07) is 7.77. The van der Waals surface area contributed by atoms with E-state index in [4.69, 9.17) is 22.7 Å². The molecule has 1 rings (SSSR count).